The monoisotopic (exact) mass is 476 g/mol. The molecule has 0 aromatic heterocycles. The molecule has 1 radical (unpaired) electrons. The van der Waals surface area contributed by atoms with Crippen LogP contribution in [0.4, 0.5) is 4.79 Å². The van der Waals surface area contributed by atoms with Gasteiger partial charge >= 0.3 is 6.09 Å². The summed E-state index contributed by atoms with van der Waals surface area (Å²) in [5.74, 6) is 0. The van der Waals surface area contributed by atoms with Crippen LogP contribution in [-0.4, -0.2) is 107 Å². The minimum absolute atomic E-state index is 0.0767. The number of hydrogen-bond acceptors (Lipinski definition) is 9. The summed E-state index contributed by atoms with van der Waals surface area (Å²) >= 11 is 0. The number of aliphatic hydroxyl groups excluding tert-OH is 1. The van der Waals surface area contributed by atoms with Crippen molar-refractivity contribution >= 4 is 6.09 Å². The van der Waals surface area contributed by atoms with E-state index in [9.17, 15) is 9.90 Å². The predicted molar refractivity (Wildman–Crippen MR) is 120 cm³/mol. The SMILES string of the molecule is CC(C)(C)OC(=O)N1C[C@H](OCCOCCOCCOCCOC2CCCCO2)C[C]1CO. The predicted octanol–water partition coefficient (Wildman–Crippen LogP) is 2.13. The number of carbonyl (C=O) groups is 1. The topological polar surface area (TPSA) is 105 Å². The zero-order chi connectivity index (χ0) is 23.9. The van der Waals surface area contributed by atoms with Gasteiger partial charge in [0.25, 0.3) is 0 Å². The number of ether oxygens (including phenoxy) is 7. The Balaban J connectivity index is 1.39. The van der Waals surface area contributed by atoms with E-state index in [-0.39, 0.29) is 19.0 Å². The van der Waals surface area contributed by atoms with Gasteiger partial charge in [0.1, 0.15) is 5.60 Å². The Morgan fingerprint density at radius 3 is 2.12 bits per heavy atom. The lowest BCUT2D eigenvalue weighted by atomic mass is 10.2. The van der Waals surface area contributed by atoms with E-state index in [0.717, 1.165) is 25.9 Å². The van der Waals surface area contributed by atoms with Gasteiger partial charge in [0.15, 0.2) is 6.29 Å². The molecule has 2 rings (SSSR count). The zero-order valence-electron chi connectivity index (χ0n) is 20.4. The van der Waals surface area contributed by atoms with Crippen molar-refractivity contribution in [2.24, 2.45) is 0 Å². The number of rotatable bonds is 15. The Morgan fingerprint density at radius 1 is 0.970 bits per heavy atom. The second-order valence-electron chi connectivity index (χ2n) is 9.02. The molecule has 10 nitrogen and oxygen atoms in total. The van der Waals surface area contributed by atoms with Gasteiger partial charge in [-0.2, -0.15) is 0 Å². The molecule has 2 atom stereocenters. The molecule has 0 aromatic carbocycles. The number of amides is 1. The Hall–Kier alpha value is -1.01. The molecule has 2 saturated heterocycles. The van der Waals surface area contributed by atoms with Crippen LogP contribution < -0.4 is 0 Å². The number of likely N-dealkylation sites (tertiary alicyclic amines) is 1. The molecule has 1 unspecified atom stereocenters. The fourth-order valence-corrected chi connectivity index (χ4v) is 3.45. The highest BCUT2D eigenvalue weighted by atomic mass is 16.7. The van der Waals surface area contributed by atoms with E-state index in [2.05, 4.69) is 0 Å². The summed E-state index contributed by atoms with van der Waals surface area (Å²) in [5, 5.41) is 9.53. The summed E-state index contributed by atoms with van der Waals surface area (Å²) in [6.07, 6.45) is 3.02. The van der Waals surface area contributed by atoms with Crippen LogP contribution in [0.15, 0.2) is 0 Å². The molecule has 2 heterocycles. The van der Waals surface area contributed by atoms with E-state index in [0.29, 0.717) is 71.9 Å². The Morgan fingerprint density at radius 2 is 1.58 bits per heavy atom. The summed E-state index contributed by atoms with van der Waals surface area (Å²) in [5.41, 5.74) is -0.586. The van der Waals surface area contributed by atoms with Crippen LogP contribution >= 0.6 is 0 Å². The quantitative estimate of drug-likeness (QED) is 0.356. The summed E-state index contributed by atoms with van der Waals surface area (Å²) in [6.45, 7) is 10.2. The van der Waals surface area contributed by atoms with E-state index in [1.165, 1.54) is 4.90 Å². The molecule has 1 amide bonds. The van der Waals surface area contributed by atoms with Crippen LogP contribution in [0, 0.1) is 6.04 Å². The average Bonchev–Trinajstić information content (AvgIpc) is 3.20. The highest BCUT2D eigenvalue weighted by Gasteiger charge is 2.38. The summed E-state index contributed by atoms with van der Waals surface area (Å²) < 4.78 is 38.7. The van der Waals surface area contributed by atoms with Gasteiger partial charge in [0, 0.05) is 13.0 Å². The molecule has 0 aliphatic carbocycles. The van der Waals surface area contributed by atoms with Crippen molar-refractivity contribution in [3.63, 3.8) is 0 Å². The third kappa shape index (κ3) is 12.3. The lowest BCUT2D eigenvalue weighted by molar-refractivity contribution is -0.169. The largest absolute Gasteiger partial charge is 0.444 e. The van der Waals surface area contributed by atoms with Gasteiger partial charge in [-0.05, 0) is 40.0 Å². The molecule has 2 fully saturated rings. The van der Waals surface area contributed by atoms with Crippen molar-refractivity contribution in [1.82, 2.24) is 4.90 Å². The van der Waals surface area contributed by atoms with Crippen molar-refractivity contribution < 1.29 is 43.1 Å². The number of hydrogen-bond donors (Lipinski definition) is 1. The van der Waals surface area contributed by atoms with E-state index in [1.807, 2.05) is 20.8 Å². The van der Waals surface area contributed by atoms with Gasteiger partial charge < -0.3 is 38.3 Å². The van der Waals surface area contributed by atoms with Crippen molar-refractivity contribution in [3.8, 4) is 0 Å². The van der Waals surface area contributed by atoms with Crippen LogP contribution in [0.2, 0.25) is 0 Å². The summed E-state index contributed by atoms with van der Waals surface area (Å²) in [4.78, 5) is 13.7. The molecule has 2 aliphatic heterocycles. The Kier molecular flexibility index (Phi) is 13.5. The van der Waals surface area contributed by atoms with E-state index in [1.54, 1.807) is 0 Å². The highest BCUT2D eigenvalue weighted by molar-refractivity contribution is 5.70. The van der Waals surface area contributed by atoms with Gasteiger partial charge in [-0.1, -0.05) is 0 Å². The van der Waals surface area contributed by atoms with Crippen LogP contribution in [0.25, 0.3) is 0 Å². The third-order valence-electron chi connectivity index (χ3n) is 5.02. The first-order valence-electron chi connectivity index (χ1n) is 11.9. The van der Waals surface area contributed by atoms with Gasteiger partial charge in [-0.3, -0.25) is 4.90 Å². The molecule has 0 saturated carbocycles. The first-order chi connectivity index (χ1) is 15.9. The molecule has 1 N–H and O–H groups in total. The minimum atomic E-state index is -0.586. The lowest BCUT2D eigenvalue weighted by Crippen LogP contribution is -2.38. The normalized spacial score (nSPS) is 22.1. The van der Waals surface area contributed by atoms with Crippen LogP contribution in [-0.2, 0) is 33.2 Å². The molecule has 0 bridgehead atoms. The van der Waals surface area contributed by atoms with Gasteiger partial charge in [0.05, 0.1) is 78.2 Å². The van der Waals surface area contributed by atoms with E-state index < -0.39 is 11.7 Å². The summed E-state index contributed by atoms with van der Waals surface area (Å²) in [7, 11) is 0. The second kappa shape index (κ2) is 15.8. The smallest absolute Gasteiger partial charge is 0.411 e. The lowest BCUT2D eigenvalue weighted by Gasteiger charge is -2.27. The van der Waals surface area contributed by atoms with Gasteiger partial charge in [-0.15, -0.1) is 0 Å². The van der Waals surface area contributed by atoms with Crippen molar-refractivity contribution in [2.75, 3.05) is 72.6 Å². The Labute approximate surface area is 197 Å². The molecule has 10 heteroatoms. The standard InChI is InChI=1S/C23H42NO9/c1-23(2,3)33-22(26)24-17-20(16-19(24)18-25)30-14-12-28-10-8-27-9-11-29-13-15-32-21-6-4-5-7-31-21/h20-21,25H,4-18H2,1-3H3/t20-,21?/m1/s1. The van der Waals surface area contributed by atoms with Gasteiger partial charge in [-0.25, -0.2) is 4.79 Å². The highest BCUT2D eigenvalue weighted by Crippen LogP contribution is 2.28. The first kappa shape index (κ1) is 28.2. The van der Waals surface area contributed by atoms with Crippen LogP contribution in [0.3, 0.4) is 0 Å². The maximum absolute atomic E-state index is 12.3. The minimum Gasteiger partial charge on any atom is -0.444 e. The second-order valence-corrected chi connectivity index (χ2v) is 9.02. The molecular formula is C23H42NO9. The maximum Gasteiger partial charge on any atom is 0.411 e. The number of aliphatic hydroxyl groups is 1. The Bertz CT molecular complexity index is 523. The molecule has 193 valence electrons. The van der Waals surface area contributed by atoms with Crippen LogP contribution in [0.5, 0.6) is 0 Å². The van der Waals surface area contributed by atoms with Crippen molar-refractivity contribution in [1.29, 1.82) is 0 Å². The molecule has 0 aromatic rings. The maximum atomic E-state index is 12.3. The van der Waals surface area contributed by atoms with E-state index in [4.69, 9.17) is 33.2 Å². The molecular weight excluding hydrogens is 434 g/mol. The summed E-state index contributed by atoms with van der Waals surface area (Å²) in [6, 6.07) is 0.611. The molecule has 33 heavy (non-hydrogen) atoms. The van der Waals surface area contributed by atoms with Crippen LogP contribution in [0.1, 0.15) is 46.5 Å². The number of carbonyl (C=O) groups excluding carboxylic acids is 1. The fraction of sp³-hybridized carbons (Fsp3) is 0.913. The van der Waals surface area contributed by atoms with Crippen molar-refractivity contribution in [2.45, 2.75) is 64.4 Å². The number of nitrogens with zero attached hydrogens (tertiary/aromatic N) is 1. The first-order valence-corrected chi connectivity index (χ1v) is 11.9. The third-order valence-corrected chi connectivity index (χ3v) is 5.02. The van der Waals surface area contributed by atoms with Gasteiger partial charge in [0.2, 0.25) is 0 Å². The molecule has 2 aliphatic rings. The zero-order valence-corrected chi connectivity index (χ0v) is 20.4. The van der Waals surface area contributed by atoms with E-state index >= 15 is 0 Å². The van der Waals surface area contributed by atoms with Crippen molar-refractivity contribution in [3.05, 3.63) is 6.04 Å². The molecule has 0 spiro atoms. The average molecular weight is 477 g/mol. The fourth-order valence-electron chi connectivity index (χ4n) is 3.45.